The Labute approximate surface area is 161 Å². The number of anilines is 2. The van der Waals surface area contributed by atoms with E-state index in [1.54, 1.807) is 11.3 Å². The first-order valence-corrected chi connectivity index (χ1v) is 9.92. The Balaban J connectivity index is 1.52. The summed E-state index contributed by atoms with van der Waals surface area (Å²) in [6.07, 6.45) is 1.51. The zero-order chi connectivity index (χ0) is 19.0. The molecule has 1 aliphatic heterocycles. The maximum Gasteiger partial charge on any atom is 0.261 e. The van der Waals surface area contributed by atoms with Gasteiger partial charge >= 0.3 is 0 Å². The van der Waals surface area contributed by atoms with Crippen molar-refractivity contribution in [2.24, 2.45) is 0 Å². The monoisotopic (exact) mass is 385 g/mol. The summed E-state index contributed by atoms with van der Waals surface area (Å²) in [6, 6.07) is 5.81. The molecule has 0 saturated carbocycles. The molecule has 7 nitrogen and oxygen atoms in total. The van der Waals surface area contributed by atoms with Gasteiger partial charge in [0, 0.05) is 36.7 Å². The van der Waals surface area contributed by atoms with Gasteiger partial charge in [-0.3, -0.25) is 9.36 Å². The van der Waals surface area contributed by atoms with E-state index in [9.17, 15) is 4.79 Å². The number of aromatic nitrogens is 3. The smallest absolute Gasteiger partial charge is 0.261 e. The quantitative estimate of drug-likeness (QED) is 0.738. The van der Waals surface area contributed by atoms with Gasteiger partial charge in [-0.05, 0) is 32.0 Å². The largest absolute Gasteiger partial charge is 0.395 e. The molecule has 0 bridgehead atoms. The first kappa shape index (κ1) is 17.9. The number of piperazine rings is 1. The molecule has 8 heteroatoms. The SMILES string of the molecule is Cc1nc(N2CCN(c3ccc4c(=O)n(CCO)cnc4c3)CC2)sc1C. The number of benzene rings is 1. The van der Waals surface area contributed by atoms with Gasteiger partial charge in [0.05, 0.1) is 36.1 Å². The number of hydrogen-bond donors (Lipinski definition) is 1. The van der Waals surface area contributed by atoms with Gasteiger partial charge in [0.25, 0.3) is 5.56 Å². The minimum atomic E-state index is -0.111. The Morgan fingerprint density at radius 1 is 1.15 bits per heavy atom. The van der Waals surface area contributed by atoms with Gasteiger partial charge in [0.15, 0.2) is 5.13 Å². The zero-order valence-corrected chi connectivity index (χ0v) is 16.4. The average Bonchev–Trinajstić information content (AvgIpc) is 3.03. The van der Waals surface area contributed by atoms with Crippen LogP contribution in [0.4, 0.5) is 10.8 Å². The van der Waals surface area contributed by atoms with Crippen molar-refractivity contribution in [1.29, 1.82) is 0 Å². The second kappa shape index (κ2) is 7.28. The first-order valence-electron chi connectivity index (χ1n) is 9.11. The van der Waals surface area contributed by atoms with Crippen LogP contribution in [0, 0.1) is 13.8 Å². The molecule has 142 valence electrons. The molecule has 0 radical (unpaired) electrons. The lowest BCUT2D eigenvalue weighted by Gasteiger charge is -2.36. The number of nitrogens with zero attached hydrogens (tertiary/aromatic N) is 5. The summed E-state index contributed by atoms with van der Waals surface area (Å²) >= 11 is 1.76. The fourth-order valence-corrected chi connectivity index (χ4v) is 4.32. The summed E-state index contributed by atoms with van der Waals surface area (Å²) in [5, 5.41) is 10.7. The lowest BCUT2D eigenvalue weighted by Crippen LogP contribution is -2.46. The Hall–Kier alpha value is -2.45. The van der Waals surface area contributed by atoms with E-state index in [0.29, 0.717) is 10.9 Å². The molecule has 0 aliphatic carbocycles. The van der Waals surface area contributed by atoms with Crippen molar-refractivity contribution < 1.29 is 5.11 Å². The fraction of sp³-hybridized carbons (Fsp3) is 0.421. The van der Waals surface area contributed by atoms with Crippen LogP contribution in [0.15, 0.2) is 29.3 Å². The molecule has 0 spiro atoms. The van der Waals surface area contributed by atoms with Crippen LogP contribution < -0.4 is 15.4 Å². The maximum absolute atomic E-state index is 12.4. The van der Waals surface area contributed by atoms with Crippen LogP contribution in [-0.4, -0.2) is 52.4 Å². The van der Waals surface area contributed by atoms with Crippen LogP contribution in [0.25, 0.3) is 10.9 Å². The molecule has 0 amide bonds. The number of aryl methyl sites for hydroxylation is 2. The van der Waals surface area contributed by atoms with E-state index >= 15 is 0 Å². The van der Waals surface area contributed by atoms with Crippen molar-refractivity contribution in [1.82, 2.24) is 14.5 Å². The normalized spacial score (nSPS) is 14.9. The molecule has 27 heavy (non-hydrogen) atoms. The Morgan fingerprint density at radius 3 is 2.56 bits per heavy atom. The molecule has 2 aromatic heterocycles. The van der Waals surface area contributed by atoms with Gasteiger partial charge < -0.3 is 14.9 Å². The molecule has 1 aliphatic rings. The minimum absolute atomic E-state index is 0.0758. The fourth-order valence-electron chi connectivity index (χ4n) is 3.36. The molecule has 3 heterocycles. The highest BCUT2D eigenvalue weighted by Crippen LogP contribution is 2.27. The second-order valence-corrected chi connectivity index (χ2v) is 7.96. The van der Waals surface area contributed by atoms with Crippen LogP contribution in [0.3, 0.4) is 0 Å². The third-order valence-corrected chi connectivity index (χ3v) is 6.22. The molecule has 1 saturated heterocycles. The summed E-state index contributed by atoms with van der Waals surface area (Å²) in [4.78, 5) is 27.4. The molecular weight excluding hydrogens is 362 g/mol. The number of aliphatic hydroxyl groups is 1. The molecule has 1 fully saturated rings. The van der Waals surface area contributed by atoms with Crippen LogP contribution in [0.2, 0.25) is 0 Å². The lowest BCUT2D eigenvalue weighted by molar-refractivity contribution is 0.274. The third-order valence-electron chi connectivity index (χ3n) is 5.08. The number of rotatable bonds is 4. The lowest BCUT2D eigenvalue weighted by atomic mass is 10.2. The standard InChI is InChI=1S/C19H23N5O2S/c1-13-14(2)27-19(21-13)23-7-5-22(6-8-23)15-3-4-16-17(11-15)20-12-24(9-10-25)18(16)26/h3-4,11-12,25H,5-10H2,1-2H3. The summed E-state index contributed by atoms with van der Waals surface area (Å²) in [6.45, 7) is 8.03. The molecule has 0 atom stereocenters. The van der Waals surface area contributed by atoms with Crippen molar-refractivity contribution in [3.05, 3.63) is 45.5 Å². The van der Waals surface area contributed by atoms with E-state index < -0.39 is 0 Å². The summed E-state index contributed by atoms with van der Waals surface area (Å²) in [7, 11) is 0. The van der Waals surface area contributed by atoms with Crippen LogP contribution in [0.1, 0.15) is 10.6 Å². The van der Waals surface area contributed by atoms with Crippen LogP contribution in [-0.2, 0) is 6.54 Å². The van der Waals surface area contributed by atoms with E-state index in [2.05, 4.69) is 33.6 Å². The Bertz CT molecular complexity index is 1000. The number of fused-ring (bicyclic) bond motifs is 1. The summed E-state index contributed by atoms with van der Waals surface area (Å²) in [5.41, 5.74) is 2.78. The maximum atomic E-state index is 12.4. The molecule has 3 aromatic rings. The first-order chi connectivity index (χ1) is 13.1. The van der Waals surface area contributed by atoms with E-state index in [4.69, 9.17) is 5.11 Å². The van der Waals surface area contributed by atoms with E-state index in [-0.39, 0.29) is 18.7 Å². The highest BCUT2D eigenvalue weighted by Gasteiger charge is 2.20. The van der Waals surface area contributed by atoms with Gasteiger partial charge in [-0.2, -0.15) is 0 Å². The van der Waals surface area contributed by atoms with Crippen molar-refractivity contribution in [3.8, 4) is 0 Å². The van der Waals surface area contributed by atoms with Crippen molar-refractivity contribution in [2.45, 2.75) is 20.4 Å². The van der Waals surface area contributed by atoms with Gasteiger partial charge in [-0.1, -0.05) is 0 Å². The van der Waals surface area contributed by atoms with Crippen molar-refractivity contribution >= 4 is 33.1 Å². The predicted octanol–water partition coefficient (Wildman–Crippen LogP) is 1.79. The molecule has 1 aromatic carbocycles. The number of hydrogen-bond acceptors (Lipinski definition) is 7. The summed E-state index contributed by atoms with van der Waals surface area (Å²) in [5.74, 6) is 0. The topological polar surface area (TPSA) is 74.5 Å². The molecular formula is C19H23N5O2S. The van der Waals surface area contributed by atoms with Gasteiger partial charge in [-0.25, -0.2) is 9.97 Å². The Morgan fingerprint density at radius 2 is 1.89 bits per heavy atom. The van der Waals surface area contributed by atoms with Crippen molar-refractivity contribution in [2.75, 3.05) is 42.6 Å². The van der Waals surface area contributed by atoms with Crippen molar-refractivity contribution in [3.63, 3.8) is 0 Å². The van der Waals surface area contributed by atoms with Gasteiger partial charge in [-0.15, -0.1) is 11.3 Å². The third kappa shape index (κ3) is 3.42. The summed E-state index contributed by atoms with van der Waals surface area (Å²) < 4.78 is 1.44. The van der Waals surface area contributed by atoms with E-state index in [1.165, 1.54) is 15.8 Å². The van der Waals surface area contributed by atoms with Gasteiger partial charge in [0.2, 0.25) is 0 Å². The predicted molar refractivity (Wildman–Crippen MR) is 109 cm³/mol. The van der Waals surface area contributed by atoms with E-state index in [0.717, 1.165) is 42.7 Å². The number of thiazole rings is 1. The molecule has 1 N–H and O–H groups in total. The average molecular weight is 385 g/mol. The number of aliphatic hydroxyl groups excluding tert-OH is 1. The highest BCUT2D eigenvalue weighted by atomic mass is 32.1. The second-order valence-electron chi connectivity index (χ2n) is 6.78. The zero-order valence-electron chi connectivity index (χ0n) is 15.6. The molecule has 0 unspecified atom stereocenters. The van der Waals surface area contributed by atoms with E-state index in [1.807, 2.05) is 18.2 Å². The Kier molecular flexibility index (Phi) is 4.84. The van der Waals surface area contributed by atoms with Crippen LogP contribution >= 0.6 is 11.3 Å². The highest BCUT2D eigenvalue weighted by molar-refractivity contribution is 7.15. The van der Waals surface area contributed by atoms with Gasteiger partial charge in [0.1, 0.15) is 0 Å². The minimum Gasteiger partial charge on any atom is -0.395 e. The van der Waals surface area contributed by atoms with Crippen LogP contribution in [0.5, 0.6) is 0 Å². The molecule has 4 rings (SSSR count).